The topological polar surface area (TPSA) is 75.8 Å². The zero-order chi connectivity index (χ0) is 19.6. The second-order valence-electron chi connectivity index (χ2n) is 6.10. The van der Waals surface area contributed by atoms with Gasteiger partial charge in [-0.15, -0.1) is 0 Å². The molecule has 7 heteroatoms. The van der Waals surface area contributed by atoms with Crippen LogP contribution in [0, 0.1) is 10.1 Å². The van der Waals surface area contributed by atoms with Crippen molar-refractivity contribution in [3.8, 4) is 0 Å². The molecular formula is C20H19N3O3S. The Morgan fingerprint density at radius 2 is 1.89 bits per heavy atom. The minimum absolute atomic E-state index is 0.0144. The van der Waals surface area contributed by atoms with Crippen LogP contribution in [0.4, 0.5) is 11.4 Å². The van der Waals surface area contributed by atoms with Crippen LogP contribution in [-0.2, 0) is 4.79 Å². The first-order chi connectivity index (χ1) is 12.9. The highest BCUT2D eigenvalue weighted by molar-refractivity contribution is 8.13. The number of thioether (sulfide) groups is 1. The molecule has 3 rings (SSSR count). The number of para-hydroxylation sites is 1. The maximum Gasteiger partial charge on any atom is 0.269 e. The van der Waals surface area contributed by atoms with E-state index in [0.29, 0.717) is 11.1 Å². The van der Waals surface area contributed by atoms with Gasteiger partial charge in [0.1, 0.15) is 6.04 Å². The summed E-state index contributed by atoms with van der Waals surface area (Å²) in [4.78, 5) is 29.9. The van der Waals surface area contributed by atoms with E-state index in [4.69, 9.17) is 4.99 Å². The van der Waals surface area contributed by atoms with Gasteiger partial charge in [-0.05, 0) is 37.8 Å². The van der Waals surface area contributed by atoms with Gasteiger partial charge in [0.05, 0.1) is 4.92 Å². The van der Waals surface area contributed by atoms with Crippen molar-refractivity contribution in [2.45, 2.75) is 19.9 Å². The third kappa shape index (κ3) is 3.64. The Labute approximate surface area is 161 Å². The summed E-state index contributed by atoms with van der Waals surface area (Å²) >= 11 is 1.47. The summed E-state index contributed by atoms with van der Waals surface area (Å²) in [5.41, 5.74) is 2.86. The number of nitro benzene ring substituents is 1. The minimum atomic E-state index is -0.565. The molecule has 138 valence electrons. The molecule has 0 fully saturated rings. The third-order valence-corrected chi connectivity index (χ3v) is 5.06. The maximum absolute atomic E-state index is 12.5. The molecule has 0 bridgehead atoms. The van der Waals surface area contributed by atoms with Crippen molar-refractivity contribution in [3.63, 3.8) is 0 Å². The summed E-state index contributed by atoms with van der Waals surface area (Å²) in [5, 5.41) is 11.9. The number of Topliss-reactive ketones (excluding diaryl/α,β-unsaturated/α-hetero) is 1. The summed E-state index contributed by atoms with van der Waals surface area (Å²) in [6, 6.07) is 15.5. The van der Waals surface area contributed by atoms with Crippen molar-refractivity contribution in [3.05, 3.63) is 81.5 Å². The zero-order valence-electron chi connectivity index (χ0n) is 15.2. The summed E-state index contributed by atoms with van der Waals surface area (Å²) in [5.74, 6) is -0.103. The van der Waals surface area contributed by atoms with E-state index in [2.05, 4.69) is 0 Å². The average Bonchev–Trinajstić information content (AvgIpc) is 2.67. The van der Waals surface area contributed by atoms with E-state index in [1.165, 1.54) is 30.8 Å². The molecule has 2 aromatic rings. The molecule has 1 aliphatic rings. The number of anilines is 1. The molecule has 0 aliphatic carbocycles. The molecule has 0 amide bonds. The fourth-order valence-electron chi connectivity index (χ4n) is 3.22. The number of nitro groups is 1. The van der Waals surface area contributed by atoms with E-state index in [1.807, 2.05) is 48.4 Å². The molecule has 6 nitrogen and oxygen atoms in total. The van der Waals surface area contributed by atoms with Crippen molar-refractivity contribution in [1.29, 1.82) is 0 Å². The Kier molecular flexibility index (Phi) is 5.41. The smallest absolute Gasteiger partial charge is 0.269 e. The monoisotopic (exact) mass is 381 g/mol. The van der Waals surface area contributed by atoms with Crippen molar-refractivity contribution in [1.82, 2.24) is 0 Å². The van der Waals surface area contributed by atoms with Crippen LogP contribution >= 0.6 is 11.8 Å². The van der Waals surface area contributed by atoms with Crippen LogP contribution in [0.3, 0.4) is 0 Å². The predicted molar refractivity (Wildman–Crippen MR) is 109 cm³/mol. The Morgan fingerprint density at radius 1 is 1.19 bits per heavy atom. The molecule has 0 spiro atoms. The van der Waals surface area contributed by atoms with Crippen molar-refractivity contribution in [2.75, 3.05) is 11.2 Å². The van der Waals surface area contributed by atoms with E-state index >= 15 is 0 Å². The van der Waals surface area contributed by atoms with Gasteiger partial charge in [0.25, 0.3) is 5.69 Å². The Bertz CT molecular complexity index is 954. The van der Waals surface area contributed by atoms with Crippen LogP contribution < -0.4 is 4.90 Å². The fourth-order valence-corrected chi connectivity index (χ4v) is 3.85. The molecule has 1 atom stereocenters. The van der Waals surface area contributed by atoms with Crippen LogP contribution in [0.2, 0.25) is 0 Å². The number of non-ortho nitro benzene ring substituents is 1. The number of carbonyl (C=O) groups excluding carboxylic acids is 1. The van der Waals surface area contributed by atoms with Gasteiger partial charge < -0.3 is 0 Å². The quantitative estimate of drug-likeness (QED) is 0.565. The lowest BCUT2D eigenvalue weighted by atomic mass is 9.93. The van der Waals surface area contributed by atoms with Gasteiger partial charge in [0.15, 0.2) is 11.0 Å². The maximum atomic E-state index is 12.5. The van der Waals surface area contributed by atoms with Crippen LogP contribution in [0.25, 0.3) is 0 Å². The van der Waals surface area contributed by atoms with Crippen LogP contribution in [0.1, 0.15) is 25.5 Å². The lowest BCUT2D eigenvalue weighted by Crippen LogP contribution is -2.34. The number of rotatable bonds is 4. The van der Waals surface area contributed by atoms with Crippen LogP contribution in [0.15, 0.2) is 70.9 Å². The summed E-state index contributed by atoms with van der Waals surface area (Å²) in [7, 11) is 0. The second kappa shape index (κ2) is 7.75. The molecular weight excluding hydrogens is 362 g/mol. The molecule has 0 unspecified atom stereocenters. The first kappa shape index (κ1) is 18.8. The summed E-state index contributed by atoms with van der Waals surface area (Å²) in [6.45, 7) is 3.39. The second-order valence-corrected chi connectivity index (χ2v) is 6.87. The van der Waals surface area contributed by atoms with Crippen molar-refractivity contribution < 1.29 is 9.72 Å². The molecule has 0 radical (unpaired) electrons. The van der Waals surface area contributed by atoms with Crippen LogP contribution in [0.5, 0.6) is 0 Å². The largest absolute Gasteiger partial charge is 0.295 e. The SMILES string of the molecule is CSC1=N[C@@H](c2cccc([N+](=O)[O-])c2)C(C(C)=O)=C(C)N1c1ccccc1. The number of aliphatic imine (C=N–C) groups is 1. The molecule has 0 saturated carbocycles. The van der Waals surface area contributed by atoms with Gasteiger partial charge in [0.2, 0.25) is 0 Å². The average molecular weight is 381 g/mol. The lowest BCUT2D eigenvalue weighted by molar-refractivity contribution is -0.384. The number of ketones is 1. The van der Waals surface area contributed by atoms with Crippen molar-refractivity contribution in [2.24, 2.45) is 4.99 Å². The number of allylic oxidation sites excluding steroid dienone is 1. The minimum Gasteiger partial charge on any atom is -0.295 e. The summed E-state index contributed by atoms with van der Waals surface area (Å²) in [6.07, 6.45) is 1.92. The molecule has 0 N–H and O–H groups in total. The third-order valence-electron chi connectivity index (χ3n) is 4.40. The normalized spacial score (nSPS) is 16.9. The molecule has 1 aliphatic heterocycles. The highest BCUT2D eigenvalue weighted by Crippen LogP contribution is 2.39. The standard InChI is InChI=1S/C20H19N3O3S/c1-13-18(14(2)24)19(15-8-7-11-17(12-15)23(25)26)21-20(27-3)22(13)16-9-5-4-6-10-16/h4-12,19H,1-3H3/t19-/m0/s1. The van der Waals surface area contributed by atoms with Gasteiger partial charge in [-0.1, -0.05) is 42.1 Å². The van der Waals surface area contributed by atoms with E-state index in [9.17, 15) is 14.9 Å². The number of amidine groups is 1. The molecule has 2 aromatic carbocycles. The fraction of sp³-hybridized carbons (Fsp3) is 0.200. The van der Waals surface area contributed by atoms with Gasteiger partial charge in [-0.3, -0.25) is 19.8 Å². The number of carbonyl (C=O) groups is 1. The number of hydrogen-bond acceptors (Lipinski definition) is 6. The Balaban J connectivity index is 2.17. The van der Waals surface area contributed by atoms with E-state index < -0.39 is 11.0 Å². The van der Waals surface area contributed by atoms with E-state index in [1.54, 1.807) is 12.1 Å². The molecule has 1 heterocycles. The van der Waals surface area contributed by atoms with E-state index in [-0.39, 0.29) is 11.5 Å². The number of benzene rings is 2. The van der Waals surface area contributed by atoms with Crippen molar-refractivity contribution >= 4 is 34.1 Å². The summed E-state index contributed by atoms with van der Waals surface area (Å²) < 4.78 is 0. The first-order valence-corrected chi connectivity index (χ1v) is 9.59. The van der Waals surface area contributed by atoms with Gasteiger partial charge >= 0.3 is 0 Å². The lowest BCUT2D eigenvalue weighted by Gasteiger charge is -2.34. The van der Waals surface area contributed by atoms with Crippen LogP contribution in [-0.4, -0.2) is 22.1 Å². The zero-order valence-corrected chi connectivity index (χ0v) is 16.1. The van der Waals surface area contributed by atoms with E-state index in [0.717, 1.165) is 16.6 Å². The number of nitrogens with zero attached hydrogens (tertiary/aromatic N) is 3. The molecule has 0 aromatic heterocycles. The van der Waals surface area contributed by atoms with Gasteiger partial charge in [-0.25, -0.2) is 4.99 Å². The first-order valence-electron chi connectivity index (χ1n) is 8.37. The Morgan fingerprint density at radius 3 is 2.48 bits per heavy atom. The Hall–Kier alpha value is -2.93. The number of hydrogen-bond donors (Lipinski definition) is 0. The molecule has 27 heavy (non-hydrogen) atoms. The predicted octanol–water partition coefficient (Wildman–Crippen LogP) is 4.74. The van der Waals surface area contributed by atoms with Gasteiger partial charge in [-0.2, -0.15) is 0 Å². The molecule has 0 saturated heterocycles. The van der Waals surface area contributed by atoms with Gasteiger partial charge in [0, 0.05) is 29.1 Å². The highest BCUT2D eigenvalue weighted by atomic mass is 32.2. The highest BCUT2D eigenvalue weighted by Gasteiger charge is 2.32.